The van der Waals surface area contributed by atoms with Crippen LogP contribution in [0.4, 0.5) is 5.95 Å². The molecule has 2 aromatic rings. The van der Waals surface area contributed by atoms with Crippen molar-refractivity contribution in [1.29, 1.82) is 0 Å². The highest BCUT2D eigenvalue weighted by Gasteiger charge is 2.16. The van der Waals surface area contributed by atoms with E-state index in [1.54, 1.807) is 6.07 Å². The largest absolute Gasteiger partial charge is 0.394 e. The molecule has 1 atom stereocenters. The Hall–Kier alpha value is -3.11. The fraction of sp³-hybridized carbons (Fsp3) is 0.267. The highest BCUT2D eigenvalue weighted by Crippen LogP contribution is 2.01. The molecule has 25 heavy (non-hydrogen) atoms. The zero-order valence-corrected chi connectivity index (χ0v) is 13.2. The van der Waals surface area contributed by atoms with Gasteiger partial charge in [-0.05, 0) is 11.6 Å². The van der Waals surface area contributed by atoms with Crippen LogP contribution in [0.5, 0.6) is 0 Å². The Labute approximate surface area is 143 Å². The topological polar surface area (TPSA) is 163 Å². The molecule has 0 radical (unpaired) electrons. The van der Waals surface area contributed by atoms with Crippen LogP contribution < -0.4 is 16.4 Å². The number of nitrogens with two attached hydrogens (primary N) is 1. The second kappa shape index (κ2) is 8.66. The normalized spacial score (nSPS) is 11.6. The van der Waals surface area contributed by atoms with Crippen molar-refractivity contribution in [3.8, 4) is 0 Å². The fourth-order valence-electron chi connectivity index (χ4n) is 1.85. The van der Waals surface area contributed by atoms with E-state index < -0.39 is 17.9 Å². The average Bonchev–Trinajstić information content (AvgIpc) is 2.65. The molecule has 6 N–H and O–H groups in total. The summed E-state index contributed by atoms with van der Waals surface area (Å²) >= 11 is 0. The number of pyridine rings is 1. The van der Waals surface area contributed by atoms with E-state index >= 15 is 0 Å². The van der Waals surface area contributed by atoms with Crippen molar-refractivity contribution in [3.63, 3.8) is 0 Å². The molecule has 2 aromatic heterocycles. The standard InChI is InChI=1S/C15H18N6O4/c16-15-19-4-10(5-20-15)13(24)18-6-11(8-23)21-14(25)12-2-1-9(7-22)3-17-12/h1-5,11,22-23H,6-8H2,(H,18,24)(H,21,25)(H2,16,19,20)/t11-/m1/s1. The maximum atomic E-state index is 12.1. The first-order chi connectivity index (χ1) is 12.0. The van der Waals surface area contributed by atoms with Gasteiger partial charge in [0.1, 0.15) is 5.69 Å². The highest BCUT2D eigenvalue weighted by atomic mass is 16.3. The zero-order chi connectivity index (χ0) is 18.2. The molecule has 2 heterocycles. The van der Waals surface area contributed by atoms with Crippen LogP contribution in [0, 0.1) is 0 Å². The van der Waals surface area contributed by atoms with E-state index in [0.29, 0.717) is 5.56 Å². The molecular formula is C15H18N6O4. The van der Waals surface area contributed by atoms with Crippen molar-refractivity contribution in [1.82, 2.24) is 25.6 Å². The molecule has 0 saturated heterocycles. The number of anilines is 1. The summed E-state index contributed by atoms with van der Waals surface area (Å²) in [6.07, 6.45) is 3.93. The third kappa shape index (κ3) is 5.19. The molecule has 0 aliphatic rings. The van der Waals surface area contributed by atoms with Crippen LogP contribution in [0.2, 0.25) is 0 Å². The summed E-state index contributed by atoms with van der Waals surface area (Å²) in [5.74, 6) is -0.913. The number of aliphatic hydroxyl groups excluding tert-OH is 2. The molecule has 0 spiro atoms. The lowest BCUT2D eigenvalue weighted by Crippen LogP contribution is -2.46. The van der Waals surface area contributed by atoms with Gasteiger partial charge >= 0.3 is 0 Å². The summed E-state index contributed by atoms with van der Waals surface area (Å²) in [7, 11) is 0. The van der Waals surface area contributed by atoms with Crippen LogP contribution in [0.3, 0.4) is 0 Å². The smallest absolute Gasteiger partial charge is 0.270 e. The van der Waals surface area contributed by atoms with E-state index in [2.05, 4.69) is 25.6 Å². The van der Waals surface area contributed by atoms with Crippen LogP contribution >= 0.6 is 0 Å². The van der Waals surface area contributed by atoms with Gasteiger partial charge in [0.25, 0.3) is 11.8 Å². The number of hydrogen-bond donors (Lipinski definition) is 5. The summed E-state index contributed by atoms with van der Waals surface area (Å²) in [5, 5.41) is 23.4. The summed E-state index contributed by atoms with van der Waals surface area (Å²) < 4.78 is 0. The van der Waals surface area contributed by atoms with Gasteiger partial charge in [-0.1, -0.05) is 6.07 Å². The summed E-state index contributed by atoms with van der Waals surface area (Å²) in [4.78, 5) is 35.4. The lowest BCUT2D eigenvalue weighted by Gasteiger charge is -2.16. The average molecular weight is 346 g/mol. The molecule has 132 valence electrons. The Morgan fingerprint density at radius 3 is 2.36 bits per heavy atom. The number of nitrogens with one attached hydrogen (secondary N) is 2. The van der Waals surface area contributed by atoms with E-state index in [-0.39, 0.29) is 37.0 Å². The molecule has 0 aliphatic carbocycles. The van der Waals surface area contributed by atoms with Gasteiger partial charge in [0, 0.05) is 25.1 Å². The summed E-state index contributed by atoms with van der Waals surface area (Å²) in [6, 6.07) is 2.32. The zero-order valence-electron chi connectivity index (χ0n) is 13.2. The van der Waals surface area contributed by atoms with Crippen LogP contribution in [-0.2, 0) is 6.61 Å². The molecule has 10 nitrogen and oxygen atoms in total. The van der Waals surface area contributed by atoms with Crippen molar-refractivity contribution in [3.05, 3.63) is 47.5 Å². The van der Waals surface area contributed by atoms with Gasteiger partial charge in [-0.15, -0.1) is 0 Å². The molecular weight excluding hydrogens is 328 g/mol. The molecule has 0 aliphatic heterocycles. The quantitative estimate of drug-likeness (QED) is 0.403. The number of nitrogen functional groups attached to an aromatic ring is 1. The van der Waals surface area contributed by atoms with Gasteiger partial charge in [-0.2, -0.15) is 0 Å². The van der Waals surface area contributed by atoms with E-state index in [1.165, 1.54) is 24.7 Å². The predicted molar refractivity (Wildman–Crippen MR) is 87.3 cm³/mol. The maximum absolute atomic E-state index is 12.1. The third-order valence-electron chi connectivity index (χ3n) is 3.24. The molecule has 0 fully saturated rings. The number of nitrogens with zero attached hydrogens (tertiary/aromatic N) is 3. The Balaban J connectivity index is 1.89. The van der Waals surface area contributed by atoms with Gasteiger partial charge in [0.2, 0.25) is 5.95 Å². The molecule has 0 aromatic carbocycles. The number of aromatic nitrogens is 3. The first-order valence-electron chi connectivity index (χ1n) is 7.36. The van der Waals surface area contributed by atoms with Crippen molar-refractivity contribution >= 4 is 17.8 Å². The van der Waals surface area contributed by atoms with Crippen LogP contribution in [0.1, 0.15) is 26.4 Å². The van der Waals surface area contributed by atoms with E-state index in [1.807, 2.05) is 0 Å². The second-order valence-corrected chi connectivity index (χ2v) is 5.10. The van der Waals surface area contributed by atoms with Crippen LogP contribution in [-0.4, -0.2) is 56.2 Å². The second-order valence-electron chi connectivity index (χ2n) is 5.10. The molecule has 10 heteroatoms. The molecule has 2 amide bonds. The van der Waals surface area contributed by atoms with E-state index in [4.69, 9.17) is 10.8 Å². The minimum absolute atomic E-state index is 0.000172. The van der Waals surface area contributed by atoms with E-state index in [9.17, 15) is 14.7 Å². The Kier molecular flexibility index (Phi) is 6.32. The van der Waals surface area contributed by atoms with Gasteiger partial charge in [0.15, 0.2) is 0 Å². The minimum Gasteiger partial charge on any atom is -0.394 e. The first kappa shape index (κ1) is 18.2. The SMILES string of the molecule is Nc1ncc(C(=O)NC[C@H](CO)NC(=O)c2ccc(CO)cn2)cn1. The highest BCUT2D eigenvalue weighted by molar-refractivity contribution is 5.94. The van der Waals surface area contributed by atoms with Crippen LogP contribution in [0.25, 0.3) is 0 Å². The van der Waals surface area contributed by atoms with Gasteiger partial charge in [0.05, 0.1) is 24.8 Å². The van der Waals surface area contributed by atoms with Crippen LogP contribution in [0.15, 0.2) is 30.7 Å². The Morgan fingerprint density at radius 1 is 1.08 bits per heavy atom. The Morgan fingerprint density at radius 2 is 1.80 bits per heavy atom. The number of amides is 2. The van der Waals surface area contributed by atoms with Crippen molar-refractivity contribution in [2.75, 3.05) is 18.9 Å². The molecule has 0 saturated carbocycles. The summed E-state index contributed by atoms with van der Waals surface area (Å²) in [6.45, 7) is -0.547. The fourth-order valence-corrected chi connectivity index (χ4v) is 1.85. The van der Waals surface area contributed by atoms with E-state index in [0.717, 1.165) is 0 Å². The summed E-state index contributed by atoms with van der Waals surface area (Å²) in [5.41, 5.74) is 6.26. The third-order valence-corrected chi connectivity index (χ3v) is 3.24. The number of hydrogen-bond acceptors (Lipinski definition) is 8. The predicted octanol–water partition coefficient (Wildman–Crippen LogP) is -1.53. The number of carbonyl (C=O) groups is 2. The first-order valence-corrected chi connectivity index (χ1v) is 7.36. The number of carbonyl (C=O) groups excluding carboxylic acids is 2. The lowest BCUT2D eigenvalue weighted by atomic mass is 10.2. The minimum atomic E-state index is -0.703. The van der Waals surface area contributed by atoms with Crippen molar-refractivity contribution < 1.29 is 19.8 Å². The molecule has 0 unspecified atom stereocenters. The van der Waals surface area contributed by atoms with Gasteiger partial charge in [-0.25, -0.2) is 9.97 Å². The lowest BCUT2D eigenvalue weighted by molar-refractivity contribution is 0.0884. The maximum Gasteiger partial charge on any atom is 0.270 e. The van der Waals surface area contributed by atoms with Gasteiger partial charge in [-0.3, -0.25) is 14.6 Å². The number of rotatable bonds is 7. The van der Waals surface area contributed by atoms with Crippen molar-refractivity contribution in [2.24, 2.45) is 0 Å². The number of aliphatic hydroxyl groups is 2. The van der Waals surface area contributed by atoms with Gasteiger partial charge < -0.3 is 26.6 Å². The Bertz CT molecular complexity index is 720. The van der Waals surface area contributed by atoms with Crippen molar-refractivity contribution in [2.45, 2.75) is 12.6 Å². The monoisotopic (exact) mass is 346 g/mol. The molecule has 0 bridgehead atoms. The molecule has 2 rings (SSSR count).